The van der Waals surface area contributed by atoms with Crippen molar-refractivity contribution in [3.8, 4) is 18.6 Å². The molecular formula is C13H15BrO2. The van der Waals surface area contributed by atoms with Crippen molar-refractivity contribution >= 4 is 15.9 Å². The van der Waals surface area contributed by atoms with Gasteiger partial charge < -0.3 is 9.47 Å². The highest BCUT2D eigenvalue weighted by Gasteiger charge is 2.14. The third-order valence-corrected chi connectivity index (χ3v) is 2.75. The molecule has 1 atom stereocenters. The standard InChI is InChI=1S/C11H13BrO2.C2H2/c12-9-4-6-10(7-5-9)14-11-3-1-2-8-13-11;1-2/h4-7,11H,1-3,8H2;1-2H. The molecule has 86 valence electrons. The van der Waals surface area contributed by atoms with Crippen LogP contribution in [0.3, 0.4) is 0 Å². The van der Waals surface area contributed by atoms with Crippen LogP contribution in [0.5, 0.6) is 5.75 Å². The highest BCUT2D eigenvalue weighted by atomic mass is 79.9. The predicted molar refractivity (Wildman–Crippen MR) is 68.3 cm³/mol. The highest BCUT2D eigenvalue weighted by Crippen LogP contribution is 2.21. The molecule has 0 saturated carbocycles. The molecule has 1 heterocycles. The van der Waals surface area contributed by atoms with Crippen LogP contribution in [0.4, 0.5) is 0 Å². The largest absolute Gasteiger partial charge is 0.465 e. The van der Waals surface area contributed by atoms with Crippen molar-refractivity contribution in [2.45, 2.75) is 25.6 Å². The van der Waals surface area contributed by atoms with Gasteiger partial charge in [0.1, 0.15) is 5.75 Å². The fraction of sp³-hybridized carbons (Fsp3) is 0.385. The summed E-state index contributed by atoms with van der Waals surface area (Å²) in [5.41, 5.74) is 0. The molecule has 0 radical (unpaired) electrons. The number of benzene rings is 1. The SMILES string of the molecule is Brc1ccc(OC2CCCCO2)cc1.C#C. The first kappa shape index (κ1) is 13.1. The quantitative estimate of drug-likeness (QED) is 0.772. The third kappa shape index (κ3) is 4.26. The van der Waals surface area contributed by atoms with E-state index in [9.17, 15) is 0 Å². The molecule has 16 heavy (non-hydrogen) atoms. The lowest BCUT2D eigenvalue weighted by molar-refractivity contribution is -0.105. The van der Waals surface area contributed by atoms with E-state index in [2.05, 4.69) is 28.8 Å². The van der Waals surface area contributed by atoms with Gasteiger partial charge in [-0.05, 0) is 37.1 Å². The minimum Gasteiger partial charge on any atom is -0.465 e. The van der Waals surface area contributed by atoms with Crippen molar-refractivity contribution in [2.75, 3.05) is 6.61 Å². The zero-order chi connectivity index (χ0) is 11.8. The summed E-state index contributed by atoms with van der Waals surface area (Å²) < 4.78 is 12.2. The van der Waals surface area contributed by atoms with E-state index in [1.165, 1.54) is 6.42 Å². The summed E-state index contributed by atoms with van der Waals surface area (Å²) in [6, 6.07) is 7.83. The Labute approximate surface area is 105 Å². The lowest BCUT2D eigenvalue weighted by Crippen LogP contribution is -2.24. The van der Waals surface area contributed by atoms with Crippen LogP contribution in [-0.4, -0.2) is 12.9 Å². The maximum Gasteiger partial charge on any atom is 0.199 e. The van der Waals surface area contributed by atoms with Crippen LogP contribution in [0.2, 0.25) is 0 Å². The van der Waals surface area contributed by atoms with Crippen LogP contribution in [-0.2, 0) is 4.74 Å². The number of rotatable bonds is 2. The average Bonchev–Trinajstić information content (AvgIpc) is 2.36. The maximum absolute atomic E-state index is 5.67. The molecule has 2 rings (SSSR count). The molecule has 0 N–H and O–H groups in total. The minimum absolute atomic E-state index is 0.0510. The third-order valence-electron chi connectivity index (χ3n) is 2.22. The molecule has 3 heteroatoms. The summed E-state index contributed by atoms with van der Waals surface area (Å²) >= 11 is 3.38. The Morgan fingerprint density at radius 2 is 1.88 bits per heavy atom. The van der Waals surface area contributed by atoms with Gasteiger partial charge in [0.15, 0.2) is 6.29 Å². The fourth-order valence-electron chi connectivity index (χ4n) is 1.47. The smallest absolute Gasteiger partial charge is 0.199 e. The fourth-order valence-corrected chi connectivity index (χ4v) is 1.73. The predicted octanol–water partition coefficient (Wildman–Crippen LogP) is 3.60. The minimum atomic E-state index is -0.0510. The molecule has 0 aliphatic carbocycles. The van der Waals surface area contributed by atoms with E-state index in [0.29, 0.717) is 0 Å². The van der Waals surface area contributed by atoms with Crippen molar-refractivity contribution in [3.63, 3.8) is 0 Å². The topological polar surface area (TPSA) is 18.5 Å². The monoisotopic (exact) mass is 282 g/mol. The highest BCUT2D eigenvalue weighted by molar-refractivity contribution is 9.10. The lowest BCUT2D eigenvalue weighted by atomic mass is 10.2. The van der Waals surface area contributed by atoms with Crippen molar-refractivity contribution in [2.24, 2.45) is 0 Å². The number of ether oxygens (including phenoxy) is 2. The van der Waals surface area contributed by atoms with Gasteiger partial charge in [-0.15, -0.1) is 12.8 Å². The van der Waals surface area contributed by atoms with E-state index in [4.69, 9.17) is 9.47 Å². The van der Waals surface area contributed by atoms with E-state index in [1.54, 1.807) is 0 Å². The Hall–Kier alpha value is -0.980. The summed E-state index contributed by atoms with van der Waals surface area (Å²) in [5, 5.41) is 0. The Balaban J connectivity index is 0.000000606. The maximum atomic E-state index is 5.67. The van der Waals surface area contributed by atoms with E-state index in [1.807, 2.05) is 24.3 Å². The molecule has 0 bridgehead atoms. The van der Waals surface area contributed by atoms with Gasteiger partial charge in [0.25, 0.3) is 0 Å². The Bertz CT molecular complexity index is 312. The van der Waals surface area contributed by atoms with E-state index in [-0.39, 0.29) is 6.29 Å². The van der Waals surface area contributed by atoms with Crippen LogP contribution in [0.1, 0.15) is 19.3 Å². The molecule has 0 spiro atoms. The summed E-state index contributed by atoms with van der Waals surface area (Å²) in [5.74, 6) is 0.875. The van der Waals surface area contributed by atoms with Crippen LogP contribution in [0, 0.1) is 12.8 Å². The molecule has 0 aromatic heterocycles. The van der Waals surface area contributed by atoms with Crippen molar-refractivity contribution in [1.29, 1.82) is 0 Å². The zero-order valence-electron chi connectivity index (χ0n) is 9.06. The second-order valence-electron chi connectivity index (χ2n) is 3.37. The van der Waals surface area contributed by atoms with Crippen LogP contribution < -0.4 is 4.74 Å². The first-order valence-corrected chi connectivity index (χ1v) is 6.01. The van der Waals surface area contributed by atoms with Gasteiger partial charge in [-0.1, -0.05) is 15.9 Å². The lowest BCUT2D eigenvalue weighted by Gasteiger charge is -2.23. The molecular weight excluding hydrogens is 268 g/mol. The van der Waals surface area contributed by atoms with Gasteiger partial charge in [0.05, 0.1) is 6.61 Å². The average molecular weight is 283 g/mol. The first-order valence-electron chi connectivity index (χ1n) is 5.22. The molecule has 1 aliphatic rings. The van der Waals surface area contributed by atoms with Gasteiger partial charge in [0, 0.05) is 10.9 Å². The van der Waals surface area contributed by atoms with Gasteiger partial charge in [0.2, 0.25) is 0 Å². The number of terminal acetylenes is 1. The van der Waals surface area contributed by atoms with E-state index >= 15 is 0 Å². The Morgan fingerprint density at radius 1 is 1.19 bits per heavy atom. The Morgan fingerprint density at radius 3 is 2.44 bits per heavy atom. The van der Waals surface area contributed by atoms with Crippen molar-refractivity contribution in [3.05, 3.63) is 28.7 Å². The van der Waals surface area contributed by atoms with E-state index in [0.717, 1.165) is 29.7 Å². The molecule has 2 nitrogen and oxygen atoms in total. The summed E-state index contributed by atoms with van der Waals surface area (Å²) in [6.45, 7) is 0.821. The van der Waals surface area contributed by atoms with Crippen molar-refractivity contribution in [1.82, 2.24) is 0 Å². The summed E-state index contributed by atoms with van der Waals surface area (Å²) in [4.78, 5) is 0. The number of halogens is 1. The van der Waals surface area contributed by atoms with Gasteiger partial charge in [-0.25, -0.2) is 0 Å². The molecule has 1 unspecified atom stereocenters. The first-order chi connectivity index (χ1) is 7.84. The molecule has 1 saturated heterocycles. The number of hydrogen-bond acceptors (Lipinski definition) is 2. The van der Waals surface area contributed by atoms with Gasteiger partial charge >= 0.3 is 0 Å². The number of hydrogen-bond donors (Lipinski definition) is 0. The Kier molecular flexibility index (Phi) is 5.99. The second-order valence-corrected chi connectivity index (χ2v) is 4.28. The summed E-state index contributed by atoms with van der Waals surface area (Å²) in [7, 11) is 0. The van der Waals surface area contributed by atoms with Crippen LogP contribution in [0.15, 0.2) is 28.7 Å². The second kappa shape index (κ2) is 7.32. The van der Waals surface area contributed by atoms with Crippen molar-refractivity contribution < 1.29 is 9.47 Å². The van der Waals surface area contributed by atoms with Gasteiger partial charge in [-0.3, -0.25) is 0 Å². The van der Waals surface area contributed by atoms with Crippen LogP contribution in [0.25, 0.3) is 0 Å². The zero-order valence-corrected chi connectivity index (χ0v) is 10.7. The normalized spacial score (nSPS) is 19.3. The molecule has 1 aromatic rings. The molecule has 1 fully saturated rings. The van der Waals surface area contributed by atoms with E-state index < -0.39 is 0 Å². The summed E-state index contributed by atoms with van der Waals surface area (Å²) in [6.07, 6.45) is 11.3. The van der Waals surface area contributed by atoms with Crippen LogP contribution >= 0.6 is 15.9 Å². The molecule has 1 aromatic carbocycles. The molecule has 0 amide bonds. The molecule has 1 aliphatic heterocycles. The van der Waals surface area contributed by atoms with Gasteiger partial charge in [-0.2, -0.15) is 0 Å².